The molecule has 0 atom stereocenters. The molecule has 0 amide bonds. The number of hydrogen-bond donors (Lipinski definition) is 0. The van der Waals surface area contributed by atoms with E-state index < -0.39 is 0 Å². The summed E-state index contributed by atoms with van der Waals surface area (Å²) >= 11 is 1.55. The number of thiophene rings is 1. The van der Waals surface area contributed by atoms with Crippen LogP contribution >= 0.6 is 11.3 Å². The number of para-hydroxylation sites is 2. The summed E-state index contributed by atoms with van der Waals surface area (Å²) in [4.78, 5) is 18.6. The summed E-state index contributed by atoms with van der Waals surface area (Å²) in [7, 11) is 1.59. The topological polar surface area (TPSA) is 52.3 Å². The van der Waals surface area contributed by atoms with E-state index in [9.17, 15) is 4.79 Å². The minimum Gasteiger partial charge on any atom is -0.497 e. The summed E-state index contributed by atoms with van der Waals surface area (Å²) in [6.07, 6.45) is 1.82. The van der Waals surface area contributed by atoms with Crippen LogP contribution in [0.2, 0.25) is 0 Å². The number of nitrogens with zero attached hydrogens (tertiary/aromatic N) is 1. The van der Waals surface area contributed by atoms with E-state index in [0.29, 0.717) is 28.4 Å². The van der Waals surface area contributed by atoms with Crippen LogP contribution in [0.15, 0.2) is 70.5 Å². The van der Waals surface area contributed by atoms with Crippen LogP contribution in [0.3, 0.4) is 0 Å². The van der Waals surface area contributed by atoms with E-state index in [1.807, 2.05) is 47.9 Å². The summed E-state index contributed by atoms with van der Waals surface area (Å²) in [6, 6.07) is 18.4. The Morgan fingerprint density at radius 2 is 1.88 bits per heavy atom. The second-order valence-corrected chi connectivity index (χ2v) is 6.60. The molecular weight excluding hydrogens is 346 g/mol. The molecule has 0 radical (unpaired) electrons. The number of benzene rings is 2. The predicted molar refractivity (Wildman–Crippen MR) is 104 cm³/mol. The lowest BCUT2D eigenvalue weighted by Gasteiger charge is -2.05. The number of Topliss-reactive ketones (excluding diaryl/α,β-unsaturated/α-hetero) is 1. The van der Waals surface area contributed by atoms with Crippen LogP contribution in [0, 0.1) is 0 Å². The monoisotopic (exact) mass is 361 g/mol. The Morgan fingerprint density at radius 1 is 1.08 bits per heavy atom. The van der Waals surface area contributed by atoms with Gasteiger partial charge in [0.05, 0.1) is 12.7 Å². The summed E-state index contributed by atoms with van der Waals surface area (Å²) in [5.41, 5.74) is 2.36. The second kappa shape index (κ2) is 6.98. The predicted octanol–water partition coefficient (Wildman–Crippen LogP) is 5.32. The number of allylic oxidation sites excluding steroid dienone is 1. The highest BCUT2D eigenvalue weighted by Gasteiger charge is 2.20. The Balaban J connectivity index is 1.81. The number of methoxy groups -OCH3 is 1. The molecule has 0 saturated carbocycles. The fourth-order valence-corrected chi connectivity index (χ4v) is 3.28. The van der Waals surface area contributed by atoms with Gasteiger partial charge in [0.1, 0.15) is 11.3 Å². The zero-order valence-corrected chi connectivity index (χ0v) is 14.8. The fourth-order valence-electron chi connectivity index (χ4n) is 2.63. The van der Waals surface area contributed by atoms with Gasteiger partial charge in [-0.1, -0.05) is 18.2 Å². The number of carbonyl (C=O) groups is 1. The lowest BCUT2D eigenvalue weighted by Crippen LogP contribution is -2.03. The van der Waals surface area contributed by atoms with E-state index in [1.165, 1.54) is 0 Å². The van der Waals surface area contributed by atoms with Gasteiger partial charge in [0, 0.05) is 10.4 Å². The van der Waals surface area contributed by atoms with Gasteiger partial charge in [-0.2, -0.15) is 0 Å². The molecule has 0 N–H and O–H groups in total. The highest BCUT2D eigenvalue weighted by atomic mass is 32.1. The van der Waals surface area contributed by atoms with E-state index >= 15 is 0 Å². The van der Waals surface area contributed by atoms with Crippen molar-refractivity contribution in [2.45, 2.75) is 0 Å². The lowest BCUT2D eigenvalue weighted by molar-refractivity contribution is 0.105. The van der Waals surface area contributed by atoms with Gasteiger partial charge in [0.2, 0.25) is 5.89 Å². The number of ketones is 1. The number of rotatable bonds is 5. The molecule has 2 aromatic carbocycles. The molecule has 4 rings (SSSR count). The van der Waals surface area contributed by atoms with Gasteiger partial charge in [-0.25, -0.2) is 4.98 Å². The minimum atomic E-state index is -0.146. The Hall–Kier alpha value is -3.18. The summed E-state index contributed by atoms with van der Waals surface area (Å²) < 4.78 is 11.0. The van der Waals surface area contributed by atoms with Crippen LogP contribution in [-0.2, 0) is 0 Å². The average Bonchev–Trinajstić information content (AvgIpc) is 3.34. The molecule has 4 aromatic rings. The molecule has 0 fully saturated rings. The molecule has 0 aliphatic rings. The maximum absolute atomic E-state index is 13.1. The molecular formula is C21H15NO3S. The number of hydrogen-bond acceptors (Lipinski definition) is 5. The smallest absolute Gasteiger partial charge is 0.231 e. The number of fused-ring (bicyclic) bond motifs is 1. The second-order valence-electron chi connectivity index (χ2n) is 5.62. The number of ether oxygens (including phenoxy) is 1. The molecule has 0 spiro atoms. The molecule has 0 saturated heterocycles. The van der Waals surface area contributed by atoms with Crippen molar-refractivity contribution >= 4 is 39.9 Å². The van der Waals surface area contributed by atoms with Crippen LogP contribution in [0.4, 0.5) is 0 Å². The van der Waals surface area contributed by atoms with E-state index in [2.05, 4.69) is 4.98 Å². The van der Waals surface area contributed by atoms with Gasteiger partial charge in [0.25, 0.3) is 0 Å². The maximum Gasteiger partial charge on any atom is 0.231 e. The average molecular weight is 361 g/mol. The Kier molecular flexibility index (Phi) is 4.37. The lowest BCUT2D eigenvalue weighted by atomic mass is 10.0. The SMILES string of the molecule is COc1ccc(C(=O)C(=Cc2cccs2)c2nc3ccccc3o2)cc1. The molecule has 0 bridgehead atoms. The van der Waals surface area contributed by atoms with Gasteiger partial charge in [-0.05, 0) is 53.9 Å². The van der Waals surface area contributed by atoms with E-state index in [4.69, 9.17) is 9.15 Å². The van der Waals surface area contributed by atoms with Gasteiger partial charge in [-0.3, -0.25) is 4.79 Å². The van der Waals surface area contributed by atoms with Crippen LogP contribution in [0.5, 0.6) is 5.75 Å². The molecule has 2 aromatic heterocycles. The molecule has 128 valence electrons. The molecule has 5 heteroatoms. The first-order valence-electron chi connectivity index (χ1n) is 8.04. The van der Waals surface area contributed by atoms with E-state index in [0.717, 1.165) is 10.4 Å². The highest BCUT2D eigenvalue weighted by Crippen LogP contribution is 2.27. The normalized spacial score (nSPS) is 11.7. The molecule has 0 aliphatic carbocycles. The van der Waals surface area contributed by atoms with Crippen LogP contribution in [-0.4, -0.2) is 17.9 Å². The van der Waals surface area contributed by atoms with Crippen molar-refractivity contribution in [3.8, 4) is 5.75 Å². The highest BCUT2D eigenvalue weighted by molar-refractivity contribution is 7.11. The van der Waals surface area contributed by atoms with Gasteiger partial charge >= 0.3 is 0 Å². The van der Waals surface area contributed by atoms with Crippen LogP contribution in [0.1, 0.15) is 21.1 Å². The Bertz CT molecular complexity index is 1040. The van der Waals surface area contributed by atoms with Crippen molar-refractivity contribution in [3.63, 3.8) is 0 Å². The standard InChI is InChI=1S/C21H15NO3S/c1-24-15-10-8-14(9-11-15)20(23)17(13-16-5-4-12-26-16)21-22-18-6-2-3-7-19(18)25-21/h2-13H,1H3. The maximum atomic E-state index is 13.1. The quantitative estimate of drug-likeness (QED) is 0.356. The zero-order chi connectivity index (χ0) is 17.9. The molecule has 2 heterocycles. The summed E-state index contributed by atoms with van der Waals surface area (Å²) in [5, 5.41) is 1.97. The minimum absolute atomic E-state index is 0.146. The summed E-state index contributed by atoms with van der Waals surface area (Å²) in [6.45, 7) is 0. The Morgan fingerprint density at radius 3 is 2.58 bits per heavy atom. The molecule has 0 unspecified atom stereocenters. The van der Waals surface area contributed by atoms with E-state index in [-0.39, 0.29) is 5.78 Å². The van der Waals surface area contributed by atoms with Crippen molar-refractivity contribution < 1.29 is 13.9 Å². The van der Waals surface area contributed by atoms with Crippen molar-refractivity contribution in [3.05, 3.63) is 82.4 Å². The van der Waals surface area contributed by atoms with Crippen molar-refractivity contribution in [2.75, 3.05) is 7.11 Å². The first kappa shape index (κ1) is 16.3. The van der Waals surface area contributed by atoms with Crippen LogP contribution in [0.25, 0.3) is 22.7 Å². The molecule has 0 aliphatic heterocycles. The number of carbonyl (C=O) groups excluding carboxylic acids is 1. The number of aromatic nitrogens is 1. The van der Waals surface area contributed by atoms with Gasteiger partial charge in [0.15, 0.2) is 11.4 Å². The third-order valence-electron chi connectivity index (χ3n) is 3.95. The largest absolute Gasteiger partial charge is 0.497 e. The van der Waals surface area contributed by atoms with Crippen molar-refractivity contribution in [2.24, 2.45) is 0 Å². The van der Waals surface area contributed by atoms with E-state index in [1.54, 1.807) is 42.7 Å². The summed E-state index contributed by atoms with van der Waals surface area (Å²) in [5.74, 6) is 0.875. The molecule has 26 heavy (non-hydrogen) atoms. The zero-order valence-electron chi connectivity index (χ0n) is 14.0. The Labute approximate surface area is 154 Å². The van der Waals surface area contributed by atoms with Gasteiger partial charge < -0.3 is 9.15 Å². The van der Waals surface area contributed by atoms with Gasteiger partial charge in [-0.15, -0.1) is 11.3 Å². The molecule has 4 nitrogen and oxygen atoms in total. The number of oxazole rings is 1. The van der Waals surface area contributed by atoms with Crippen molar-refractivity contribution in [1.82, 2.24) is 4.98 Å². The third kappa shape index (κ3) is 3.17. The first-order chi connectivity index (χ1) is 12.7. The fraction of sp³-hybridized carbons (Fsp3) is 0.0476. The third-order valence-corrected chi connectivity index (χ3v) is 4.77. The van der Waals surface area contributed by atoms with Crippen LogP contribution < -0.4 is 4.74 Å². The van der Waals surface area contributed by atoms with Crippen molar-refractivity contribution in [1.29, 1.82) is 0 Å². The first-order valence-corrected chi connectivity index (χ1v) is 8.92.